The Hall–Kier alpha value is -2.42. The van der Waals surface area contributed by atoms with Gasteiger partial charge in [-0.1, -0.05) is 42.5 Å². The Morgan fingerprint density at radius 1 is 1.00 bits per heavy atom. The maximum absolute atomic E-state index is 12.5. The third-order valence-electron chi connectivity index (χ3n) is 5.12. The van der Waals surface area contributed by atoms with E-state index in [9.17, 15) is 9.59 Å². The Bertz CT molecular complexity index is 686. The average molecular weight is 335 g/mol. The zero-order valence-electron chi connectivity index (χ0n) is 14.6. The van der Waals surface area contributed by atoms with E-state index in [1.54, 1.807) is 24.3 Å². The van der Waals surface area contributed by atoms with Gasteiger partial charge >= 0.3 is 0 Å². The number of aldehydes is 1. The molecule has 1 aliphatic heterocycles. The van der Waals surface area contributed by atoms with Crippen molar-refractivity contribution in [3.05, 3.63) is 71.3 Å². The van der Waals surface area contributed by atoms with Crippen molar-refractivity contribution in [2.45, 2.75) is 32.1 Å². The lowest BCUT2D eigenvalue weighted by molar-refractivity contribution is 0.0686. The Balaban J connectivity index is 1.43. The van der Waals surface area contributed by atoms with Gasteiger partial charge in [0.1, 0.15) is 6.29 Å². The highest BCUT2D eigenvalue weighted by Gasteiger charge is 2.23. The van der Waals surface area contributed by atoms with Gasteiger partial charge < -0.3 is 4.90 Å². The summed E-state index contributed by atoms with van der Waals surface area (Å²) in [6.07, 6.45) is 6.58. The molecule has 25 heavy (non-hydrogen) atoms. The maximum Gasteiger partial charge on any atom is 0.253 e. The third-order valence-corrected chi connectivity index (χ3v) is 5.12. The molecular formula is C22H25NO2. The summed E-state index contributed by atoms with van der Waals surface area (Å²) < 4.78 is 0. The van der Waals surface area contributed by atoms with Crippen molar-refractivity contribution in [3.63, 3.8) is 0 Å². The highest BCUT2D eigenvalue weighted by Crippen LogP contribution is 2.24. The van der Waals surface area contributed by atoms with Gasteiger partial charge in [-0.2, -0.15) is 0 Å². The molecule has 3 heteroatoms. The number of nitrogens with zero attached hydrogens (tertiary/aromatic N) is 1. The third kappa shape index (κ3) is 4.79. The first-order valence-corrected chi connectivity index (χ1v) is 9.14. The molecule has 1 saturated heterocycles. The van der Waals surface area contributed by atoms with E-state index in [-0.39, 0.29) is 5.91 Å². The number of rotatable bonds is 6. The van der Waals surface area contributed by atoms with Gasteiger partial charge in [-0.25, -0.2) is 0 Å². The van der Waals surface area contributed by atoms with Gasteiger partial charge in [0, 0.05) is 24.2 Å². The number of likely N-dealkylation sites (tertiary alicyclic amines) is 1. The molecule has 1 heterocycles. The van der Waals surface area contributed by atoms with Crippen LogP contribution in [0.5, 0.6) is 0 Å². The first-order chi connectivity index (χ1) is 12.3. The fourth-order valence-electron chi connectivity index (χ4n) is 3.55. The molecule has 0 N–H and O–H groups in total. The van der Waals surface area contributed by atoms with Crippen molar-refractivity contribution in [1.29, 1.82) is 0 Å². The van der Waals surface area contributed by atoms with E-state index in [1.165, 1.54) is 18.4 Å². The van der Waals surface area contributed by atoms with Crippen LogP contribution in [-0.4, -0.2) is 30.2 Å². The summed E-state index contributed by atoms with van der Waals surface area (Å²) in [5.41, 5.74) is 2.69. The topological polar surface area (TPSA) is 37.4 Å². The van der Waals surface area contributed by atoms with Gasteiger partial charge in [0.15, 0.2) is 0 Å². The van der Waals surface area contributed by atoms with Crippen molar-refractivity contribution in [2.75, 3.05) is 13.1 Å². The van der Waals surface area contributed by atoms with Crippen molar-refractivity contribution < 1.29 is 9.59 Å². The second-order valence-corrected chi connectivity index (χ2v) is 6.85. The number of hydrogen-bond donors (Lipinski definition) is 0. The second-order valence-electron chi connectivity index (χ2n) is 6.85. The fourth-order valence-corrected chi connectivity index (χ4v) is 3.55. The van der Waals surface area contributed by atoms with Gasteiger partial charge in [0.05, 0.1) is 0 Å². The second kappa shape index (κ2) is 8.61. The highest BCUT2D eigenvalue weighted by atomic mass is 16.2. The highest BCUT2D eigenvalue weighted by molar-refractivity contribution is 5.94. The van der Waals surface area contributed by atoms with Crippen molar-refractivity contribution in [1.82, 2.24) is 4.90 Å². The van der Waals surface area contributed by atoms with E-state index in [1.807, 2.05) is 4.90 Å². The zero-order chi connectivity index (χ0) is 17.5. The summed E-state index contributed by atoms with van der Waals surface area (Å²) in [4.78, 5) is 25.2. The minimum absolute atomic E-state index is 0.0835. The first-order valence-electron chi connectivity index (χ1n) is 9.14. The molecule has 130 valence electrons. The predicted molar refractivity (Wildman–Crippen MR) is 99.8 cm³/mol. The van der Waals surface area contributed by atoms with Gasteiger partial charge in [-0.05, 0) is 55.7 Å². The first kappa shape index (κ1) is 17.4. The molecular weight excluding hydrogens is 310 g/mol. The number of carbonyl (C=O) groups excluding carboxylic acids is 2. The summed E-state index contributed by atoms with van der Waals surface area (Å²) in [5.74, 6) is 0.811. The van der Waals surface area contributed by atoms with E-state index in [4.69, 9.17) is 0 Å². The van der Waals surface area contributed by atoms with E-state index >= 15 is 0 Å². The number of benzene rings is 2. The molecule has 0 atom stereocenters. The average Bonchev–Trinajstić information content (AvgIpc) is 2.69. The quantitative estimate of drug-likeness (QED) is 0.735. The standard InChI is InChI=1S/C22H25NO2/c24-17-20-9-11-21(12-10-20)22(25)23-15-13-19(14-16-23)8-4-7-18-5-2-1-3-6-18/h1-3,5-6,9-12,17,19H,4,7-8,13-16H2. The predicted octanol–water partition coefficient (Wildman–Crippen LogP) is 4.37. The minimum atomic E-state index is 0.0835. The summed E-state index contributed by atoms with van der Waals surface area (Å²) >= 11 is 0. The molecule has 2 aromatic carbocycles. The van der Waals surface area contributed by atoms with E-state index < -0.39 is 0 Å². The fraction of sp³-hybridized carbons (Fsp3) is 0.364. The number of aryl methyl sites for hydroxylation is 1. The van der Waals surface area contributed by atoms with Crippen molar-refractivity contribution in [3.8, 4) is 0 Å². The maximum atomic E-state index is 12.5. The normalized spacial score (nSPS) is 15.1. The van der Waals surface area contributed by atoms with Gasteiger partial charge in [-0.15, -0.1) is 0 Å². The lowest BCUT2D eigenvalue weighted by Crippen LogP contribution is -2.38. The molecule has 3 rings (SSSR count). The largest absolute Gasteiger partial charge is 0.339 e. The van der Waals surface area contributed by atoms with Crippen LogP contribution in [0.15, 0.2) is 54.6 Å². The van der Waals surface area contributed by atoms with Gasteiger partial charge in [0.2, 0.25) is 0 Å². The number of amides is 1. The number of hydrogen-bond acceptors (Lipinski definition) is 2. The van der Waals surface area contributed by atoms with E-state index in [2.05, 4.69) is 30.3 Å². The molecule has 1 fully saturated rings. The van der Waals surface area contributed by atoms with Crippen LogP contribution in [-0.2, 0) is 6.42 Å². The van der Waals surface area contributed by atoms with Crippen molar-refractivity contribution >= 4 is 12.2 Å². The van der Waals surface area contributed by atoms with E-state index in [0.717, 1.165) is 44.6 Å². The molecule has 0 bridgehead atoms. The molecule has 0 aliphatic carbocycles. The number of piperidine rings is 1. The minimum Gasteiger partial charge on any atom is -0.339 e. The van der Waals surface area contributed by atoms with Crippen LogP contribution in [0.25, 0.3) is 0 Å². The lowest BCUT2D eigenvalue weighted by atomic mass is 9.90. The van der Waals surface area contributed by atoms with Crippen LogP contribution in [0.2, 0.25) is 0 Å². The van der Waals surface area contributed by atoms with Crippen molar-refractivity contribution in [2.24, 2.45) is 5.92 Å². The van der Waals surface area contributed by atoms with Crippen LogP contribution in [0.4, 0.5) is 0 Å². The molecule has 1 aliphatic rings. The van der Waals surface area contributed by atoms with E-state index in [0.29, 0.717) is 11.1 Å². The molecule has 1 amide bonds. The molecule has 0 aromatic heterocycles. The zero-order valence-corrected chi connectivity index (χ0v) is 14.6. The molecule has 2 aromatic rings. The molecule has 0 unspecified atom stereocenters. The Morgan fingerprint density at radius 2 is 1.68 bits per heavy atom. The molecule has 3 nitrogen and oxygen atoms in total. The Morgan fingerprint density at radius 3 is 2.32 bits per heavy atom. The molecule has 0 spiro atoms. The number of carbonyl (C=O) groups is 2. The van der Waals surface area contributed by atoms with Crippen LogP contribution in [0.1, 0.15) is 52.0 Å². The summed E-state index contributed by atoms with van der Waals surface area (Å²) in [6.45, 7) is 1.68. The smallest absolute Gasteiger partial charge is 0.253 e. The Labute approximate surface area is 149 Å². The van der Waals surface area contributed by atoms with Gasteiger partial charge in [-0.3, -0.25) is 9.59 Å². The molecule has 0 saturated carbocycles. The SMILES string of the molecule is O=Cc1ccc(C(=O)N2CCC(CCCc3ccccc3)CC2)cc1. The van der Waals surface area contributed by atoms with Crippen LogP contribution >= 0.6 is 0 Å². The van der Waals surface area contributed by atoms with Crippen LogP contribution in [0, 0.1) is 5.92 Å². The van der Waals surface area contributed by atoms with Crippen LogP contribution in [0.3, 0.4) is 0 Å². The lowest BCUT2D eigenvalue weighted by Gasteiger charge is -2.32. The molecule has 0 radical (unpaired) electrons. The van der Waals surface area contributed by atoms with Gasteiger partial charge in [0.25, 0.3) is 5.91 Å². The summed E-state index contributed by atoms with van der Waals surface area (Å²) in [5, 5.41) is 0. The monoisotopic (exact) mass is 335 g/mol. The van der Waals surface area contributed by atoms with Crippen LogP contribution < -0.4 is 0 Å². The summed E-state index contributed by atoms with van der Waals surface area (Å²) in [7, 11) is 0. The summed E-state index contributed by atoms with van der Waals surface area (Å²) in [6, 6.07) is 17.5. The Kier molecular flexibility index (Phi) is 5.99.